The molecule has 0 spiro atoms. The summed E-state index contributed by atoms with van der Waals surface area (Å²) in [6.07, 6.45) is 8.66. The lowest BCUT2D eigenvalue weighted by atomic mass is 9.74. The van der Waals surface area contributed by atoms with Crippen LogP contribution in [0.3, 0.4) is 0 Å². The summed E-state index contributed by atoms with van der Waals surface area (Å²) in [6, 6.07) is 4.58. The Morgan fingerprint density at radius 2 is 2.08 bits per heavy atom. The molecule has 7 nitrogen and oxygen atoms in total. The van der Waals surface area contributed by atoms with Crippen molar-refractivity contribution in [3.8, 4) is 11.5 Å². The maximum Gasteiger partial charge on any atom is 0.204 e. The highest BCUT2D eigenvalue weighted by atomic mass is 32.1. The third kappa shape index (κ3) is 2.22. The number of anilines is 1. The predicted molar refractivity (Wildman–Crippen MR) is 100.0 cm³/mol. The van der Waals surface area contributed by atoms with E-state index in [0.717, 1.165) is 18.0 Å². The third-order valence-corrected chi connectivity index (χ3v) is 5.74. The van der Waals surface area contributed by atoms with Crippen molar-refractivity contribution in [3.63, 3.8) is 0 Å². The number of nitrogens with zero attached hydrogens (tertiary/aromatic N) is 7. The van der Waals surface area contributed by atoms with Crippen LogP contribution in [-0.4, -0.2) is 36.1 Å². The number of aromatic nitrogens is 6. The number of thiophene rings is 1. The van der Waals surface area contributed by atoms with E-state index < -0.39 is 0 Å². The summed E-state index contributed by atoms with van der Waals surface area (Å²) >= 11 is 1.78. The van der Waals surface area contributed by atoms with Gasteiger partial charge >= 0.3 is 0 Å². The summed E-state index contributed by atoms with van der Waals surface area (Å²) in [4.78, 5) is 16.8. The second kappa shape index (κ2) is 5.57. The summed E-state index contributed by atoms with van der Waals surface area (Å²) in [7, 11) is 0. The fourth-order valence-electron chi connectivity index (χ4n) is 3.71. The van der Waals surface area contributed by atoms with Crippen LogP contribution >= 0.6 is 11.3 Å². The Kier molecular flexibility index (Phi) is 3.30. The Labute approximate surface area is 154 Å². The second-order valence-electron chi connectivity index (χ2n) is 7.09. The molecule has 1 aliphatic heterocycles. The molecule has 1 saturated heterocycles. The van der Waals surface area contributed by atoms with Crippen LogP contribution in [0.1, 0.15) is 24.8 Å². The zero-order valence-electron chi connectivity index (χ0n) is 14.4. The van der Waals surface area contributed by atoms with E-state index in [9.17, 15) is 0 Å². The predicted octanol–water partition coefficient (Wildman–Crippen LogP) is 3.23. The van der Waals surface area contributed by atoms with Gasteiger partial charge in [-0.1, -0.05) is 19.9 Å². The Bertz CT molecular complexity index is 1060. The van der Waals surface area contributed by atoms with Crippen molar-refractivity contribution >= 4 is 22.8 Å². The Morgan fingerprint density at radius 3 is 2.81 bits per heavy atom. The van der Waals surface area contributed by atoms with Crippen LogP contribution in [0.5, 0.6) is 0 Å². The molecular formula is C18H17N7S. The SMILES string of the molecule is CC1(C)CN(c2nccn3c(-c4cnccn4)nnc23)C1c1cccs1. The minimum atomic E-state index is 0.188. The van der Waals surface area contributed by atoms with E-state index in [1.165, 1.54) is 4.88 Å². The molecule has 1 atom stereocenters. The first-order valence-electron chi connectivity index (χ1n) is 8.41. The van der Waals surface area contributed by atoms with Crippen molar-refractivity contribution in [3.05, 3.63) is 53.4 Å². The van der Waals surface area contributed by atoms with Crippen LogP contribution in [0.15, 0.2) is 48.5 Å². The van der Waals surface area contributed by atoms with E-state index in [1.54, 1.807) is 36.1 Å². The van der Waals surface area contributed by atoms with Gasteiger partial charge in [0, 0.05) is 41.6 Å². The van der Waals surface area contributed by atoms with Gasteiger partial charge in [0.1, 0.15) is 5.69 Å². The standard InChI is InChI=1S/C18H17N7S/c1-18(2)11-25(14(18)13-4-3-9-26-13)16-17-23-22-15(24(17)8-7-21-16)12-10-19-5-6-20-12/h3-10,14H,11H2,1-2H3. The van der Waals surface area contributed by atoms with Crippen LogP contribution in [0.4, 0.5) is 5.82 Å². The summed E-state index contributed by atoms with van der Waals surface area (Å²) in [6.45, 7) is 5.52. The van der Waals surface area contributed by atoms with Crippen molar-refractivity contribution in [1.29, 1.82) is 0 Å². The molecule has 8 heteroatoms. The Morgan fingerprint density at radius 1 is 1.15 bits per heavy atom. The molecule has 0 saturated carbocycles. The first kappa shape index (κ1) is 15.4. The third-order valence-electron chi connectivity index (χ3n) is 4.82. The highest BCUT2D eigenvalue weighted by Gasteiger charge is 2.48. The quantitative estimate of drug-likeness (QED) is 0.556. The maximum absolute atomic E-state index is 4.63. The molecule has 130 valence electrons. The van der Waals surface area contributed by atoms with Gasteiger partial charge in [0.2, 0.25) is 5.65 Å². The smallest absolute Gasteiger partial charge is 0.204 e. The minimum Gasteiger partial charge on any atom is -0.344 e. The highest BCUT2D eigenvalue weighted by molar-refractivity contribution is 7.10. The largest absolute Gasteiger partial charge is 0.344 e. The average molecular weight is 363 g/mol. The lowest BCUT2D eigenvalue weighted by Crippen LogP contribution is -2.56. The first-order valence-corrected chi connectivity index (χ1v) is 9.29. The van der Waals surface area contributed by atoms with Gasteiger partial charge < -0.3 is 4.90 Å². The molecule has 5 rings (SSSR count). The summed E-state index contributed by atoms with van der Waals surface area (Å²) < 4.78 is 1.93. The van der Waals surface area contributed by atoms with Crippen LogP contribution in [-0.2, 0) is 0 Å². The van der Waals surface area contributed by atoms with Gasteiger partial charge in [0.05, 0.1) is 12.2 Å². The zero-order chi connectivity index (χ0) is 17.7. The van der Waals surface area contributed by atoms with Gasteiger partial charge in [-0.2, -0.15) is 0 Å². The van der Waals surface area contributed by atoms with Crippen molar-refractivity contribution in [2.45, 2.75) is 19.9 Å². The summed E-state index contributed by atoms with van der Waals surface area (Å²) in [5.74, 6) is 1.53. The van der Waals surface area contributed by atoms with Crippen LogP contribution in [0.2, 0.25) is 0 Å². The number of hydrogen-bond donors (Lipinski definition) is 0. The molecular weight excluding hydrogens is 346 g/mol. The van der Waals surface area contributed by atoms with E-state index >= 15 is 0 Å². The number of rotatable bonds is 3. The molecule has 0 N–H and O–H groups in total. The van der Waals surface area contributed by atoms with Crippen molar-refractivity contribution in [2.24, 2.45) is 5.41 Å². The lowest BCUT2D eigenvalue weighted by molar-refractivity contribution is 0.182. The fourth-order valence-corrected chi connectivity index (χ4v) is 4.76. The topological polar surface area (TPSA) is 72.1 Å². The molecule has 4 aromatic heterocycles. The van der Waals surface area contributed by atoms with Gasteiger partial charge in [-0.3, -0.25) is 9.38 Å². The zero-order valence-corrected chi connectivity index (χ0v) is 15.3. The molecule has 1 fully saturated rings. The molecule has 4 aromatic rings. The monoisotopic (exact) mass is 363 g/mol. The molecule has 0 amide bonds. The normalized spacial score (nSPS) is 18.8. The Hall–Kier alpha value is -2.87. The number of fused-ring (bicyclic) bond motifs is 1. The summed E-state index contributed by atoms with van der Waals surface area (Å²) in [5, 5.41) is 10.9. The van der Waals surface area contributed by atoms with Gasteiger partial charge in [0.15, 0.2) is 11.6 Å². The van der Waals surface area contributed by atoms with E-state index in [1.807, 2.05) is 10.6 Å². The first-order chi connectivity index (χ1) is 12.6. The highest BCUT2D eigenvalue weighted by Crippen LogP contribution is 2.51. The van der Waals surface area contributed by atoms with Gasteiger partial charge in [-0.15, -0.1) is 21.5 Å². The average Bonchev–Trinajstić information content (AvgIpc) is 3.30. The maximum atomic E-state index is 4.63. The van der Waals surface area contributed by atoms with Crippen molar-refractivity contribution in [1.82, 2.24) is 29.5 Å². The van der Waals surface area contributed by atoms with Crippen molar-refractivity contribution < 1.29 is 0 Å². The molecule has 0 aromatic carbocycles. The van der Waals surface area contributed by atoms with E-state index in [4.69, 9.17) is 0 Å². The van der Waals surface area contributed by atoms with Gasteiger partial charge in [-0.05, 0) is 11.4 Å². The van der Waals surface area contributed by atoms with E-state index in [0.29, 0.717) is 11.5 Å². The van der Waals surface area contributed by atoms with Crippen LogP contribution in [0.25, 0.3) is 17.2 Å². The molecule has 0 bridgehead atoms. The molecule has 1 unspecified atom stereocenters. The van der Waals surface area contributed by atoms with Crippen LogP contribution in [0, 0.1) is 5.41 Å². The fraction of sp³-hybridized carbons (Fsp3) is 0.278. The Balaban J connectivity index is 1.61. The summed E-state index contributed by atoms with van der Waals surface area (Å²) in [5.41, 5.74) is 1.62. The second-order valence-corrected chi connectivity index (χ2v) is 8.07. The molecule has 26 heavy (non-hydrogen) atoms. The number of hydrogen-bond acceptors (Lipinski definition) is 7. The molecule has 1 aliphatic rings. The molecule has 0 radical (unpaired) electrons. The van der Waals surface area contributed by atoms with Crippen LogP contribution < -0.4 is 4.90 Å². The minimum absolute atomic E-state index is 0.188. The molecule has 0 aliphatic carbocycles. The van der Waals surface area contributed by atoms with E-state index in [2.05, 4.69) is 61.4 Å². The molecule has 5 heterocycles. The lowest BCUT2D eigenvalue weighted by Gasteiger charge is -2.54. The van der Waals surface area contributed by atoms with E-state index in [-0.39, 0.29) is 11.5 Å². The van der Waals surface area contributed by atoms with Gasteiger partial charge in [-0.25, -0.2) is 9.97 Å². The van der Waals surface area contributed by atoms with Crippen molar-refractivity contribution in [2.75, 3.05) is 11.4 Å². The van der Waals surface area contributed by atoms with Gasteiger partial charge in [0.25, 0.3) is 0 Å².